The first kappa shape index (κ1) is 31.5. The first-order valence-corrected chi connectivity index (χ1v) is 14.6. The second-order valence-electron chi connectivity index (χ2n) is 10.5. The Morgan fingerprint density at radius 1 is 0.636 bits per heavy atom. The molecule has 1 aliphatic rings. The van der Waals surface area contributed by atoms with Gasteiger partial charge in [-0.25, -0.2) is 0 Å². The van der Waals surface area contributed by atoms with E-state index in [4.69, 9.17) is 28.4 Å². The number of nitro groups is 1. The lowest BCUT2D eigenvalue weighted by molar-refractivity contribution is -0.386. The fourth-order valence-electron chi connectivity index (χ4n) is 5.17. The van der Waals surface area contributed by atoms with E-state index in [0.29, 0.717) is 18.8 Å². The summed E-state index contributed by atoms with van der Waals surface area (Å²) in [5.41, 5.74) is 3.41. The third-order valence-corrected chi connectivity index (χ3v) is 7.41. The van der Waals surface area contributed by atoms with Crippen LogP contribution in [0.25, 0.3) is 0 Å². The maximum absolute atomic E-state index is 11.7. The Kier molecular flexibility index (Phi) is 11.6. The molecule has 1 heterocycles. The van der Waals surface area contributed by atoms with E-state index in [1.165, 1.54) is 13.2 Å². The van der Waals surface area contributed by atoms with E-state index in [9.17, 15) is 10.1 Å². The molecule has 230 valence electrons. The molecule has 0 bridgehead atoms. The summed E-state index contributed by atoms with van der Waals surface area (Å²) in [6.45, 7) is 1.17. The van der Waals surface area contributed by atoms with E-state index in [-0.39, 0.29) is 25.5 Å². The summed E-state index contributed by atoms with van der Waals surface area (Å²) in [6, 6.07) is 36.1. The number of benzene rings is 4. The Morgan fingerprint density at radius 3 is 1.70 bits per heavy atom. The molecule has 0 radical (unpaired) electrons. The smallest absolute Gasteiger partial charge is 0.274 e. The summed E-state index contributed by atoms with van der Waals surface area (Å²) in [7, 11) is 1.54. The molecule has 1 aliphatic heterocycles. The van der Waals surface area contributed by atoms with Gasteiger partial charge in [-0.05, 0) is 22.8 Å². The van der Waals surface area contributed by atoms with Gasteiger partial charge in [0.25, 0.3) is 5.69 Å². The predicted octanol–water partition coefficient (Wildman–Crippen LogP) is 6.24. The molecule has 4 aromatic carbocycles. The minimum absolute atomic E-state index is 0.0241. The van der Waals surface area contributed by atoms with Gasteiger partial charge in [-0.3, -0.25) is 10.1 Å². The fourth-order valence-corrected chi connectivity index (χ4v) is 5.17. The Bertz CT molecular complexity index is 1420. The molecule has 1 unspecified atom stereocenters. The number of hydrogen-bond acceptors (Lipinski definition) is 8. The van der Waals surface area contributed by atoms with Crippen LogP contribution in [-0.4, -0.2) is 49.3 Å². The van der Waals surface area contributed by atoms with E-state index in [1.54, 1.807) is 18.2 Å². The highest BCUT2D eigenvalue weighted by Crippen LogP contribution is 2.32. The Hall–Kier alpha value is -3.96. The second kappa shape index (κ2) is 16.2. The molecule has 0 aliphatic carbocycles. The van der Waals surface area contributed by atoms with Crippen LogP contribution in [-0.2, 0) is 54.8 Å². The lowest BCUT2D eigenvalue weighted by Gasteiger charge is -2.45. The molecule has 9 nitrogen and oxygen atoms in total. The van der Waals surface area contributed by atoms with Gasteiger partial charge in [-0.1, -0.05) is 103 Å². The van der Waals surface area contributed by atoms with E-state index in [2.05, 4.69) is 0 Å². The molecule has 9 heteroatoms. The topological polar surface area (TPSA) is 98.5 Å². The molecule has 0 aromatic heterocycles. The van der Waals surface area contributed by atoms with Crippen molar-refractivity contribution in [2.24, 2.45) is 0 Å². The van der Waals surface area contributed by atoms with E-state index < -0.39 is 35.6 Å². The minimum atomic E-state index is -0.847. The zero-order chi connectivity index (χ0) is 30.6. The summed E-state index contributed by atoms with van der Waals surface area (Å²) in [4.78, 5) is 11.3. The molecule has 4 aromatic rings. The highest BCUT2D eigenvalue weighted by molar-refractivity contribution is 5.39. The van der Waals surface area contributed by atoms with Gasteiger partial charge in [0.2, 0.25) is 0 Å². The molecule has 5 rings (SSSR count). The van der Waals surface area contributed by atoms with Crippen molar-refractivity contribution in [3.8, 4) is 0 Å². The number of nitrogens with zero attached hydrogens (tertiary/aromatic N) is 1. The van der Waals surface area contributed by atoms with Crippen molar-refractivity contribution in [1.82, 2.24) is 0 Å². The van der Waals surface area contributed by atoms with Crippen LogP contribution in [0.4, 0.5) is 5.69 Å². The van der Waals surface area contributed by atoms with Gasteiger partial charge in [0, 0.05) is 13.2 Å². The van der Waals surface area contributed by atoms with Crippen molar-refractivity contribution in [3.05, 3.63) is 148 Å². The van der Waals surface area contributed by atoms with E-state index in [1.807, 2.05) is 91.0 Å². The lowest BCUT2D eigenvalue weighted by Crippen LogP contribution is -2.61. The molecule has 0 N–H and O–H groups in total. The number of rotatable bonds is 15. The average molecular weight is 600 g/mol. The lowest BCUT2D eigenvalue weighted by atomic mass is 9.97. The minimum Gasteiger partial charge on any atom is -0.374 e. The Morgan fingerprint density at radius 2 is 1.14 bits per heavy atom. The summed E-state index contributed by atoms with van der Waals surface area (Å²) < 4.78 is 37.8. The number of methoxy groups -OCH3 is 1. The van der Waals surface area contributed by atoms with Crippen LogP contribution in [0.3, 0.4) is 0 Å². The van der Waals surface area contributed by atoms with Crippen LogP contribution < -0.4 is 0 Å². The third-order valence-electron chi connectivity index (χ3n) is 7.41. The van der Waals surface area contributed by atoms with E-state index in [0.717, 1.165) is 16.7 Å². The van der Waals surface area contributed by atoms with Gasteiger partial charge in [0.1, 0.15) is 24.4 Å². The van der Waals surface area contributed by atoms with Gasteiger partial charge in [-0.2, -0.15) is 0 Å². The largest absolute Gasteiger partial charge is 0.374 e. The van der Waals surface area contributed by atoms with Gasteiger partial charge in [0.05, 0.1) is 43.5 Å². The zero-order valence-corrected chi connectivity index (χ0v) is 24.6. The normalized spacial score (nSPS) is 21.6. The molecule has 0 saturated carbocycles. The molecular formula is C35H37NO8. The number of nitro benzene ring substituents is 1. The molecular weight excluding hydrogens is 562 g/mol. The highest BCUT2D eigenvalue weighted by Gasteiger charge is 2.49. The SMILES string of the molecule is COC1O[C@H](COCc2ccccc2)[C@@H](OCc2ccccc2)[C@H](OCc2ccccc2)[C@H]1OCc1ccccc1[N+](=O)[O-]. The summed E-state index contributed by atoms with van der Waals surface area (Å²) >= 11 is 0. The standard InChI is InChI=1S/C35H37NO8/c1-39-35-34(43-24-29-19-11-12-20-30(29)36(37)38)33(42-23-28-17-9-4-10-18-28)32(41-22-27-15-7-3-8-16-27)31(44-35)25-40-21-26-13-5-2-6-14-26/h2-20,31-35H,21-25H2,1H3/t31-,32-,33+,34-,35?/m1/s1. The summed E-state index contributed by atoms with van der Waals surface area (Å²) in [5.74, 6) is 0. The van der Waals surface area contributed by atoms with Crippen LogP contribution in [0, 0.1) is 10.1 Å². The fraction of sp³-hybridized carbons (Fsp3) is 0.314. The highest BCUT2D eigenvalue weighted by atomic mass is 16.7. The quantitative estimate of drug-likeness (QED) is 0.117. The molecule has 5 atom stereocenters. The van der Waals surface area contributed by atoms with Gasteiger partial charge in [-0.15, -0.1) is 0 Å². The summed E-state index contributed by atoms with van der Waals surface area (Å²) in [6.07, 6.45) is -3.45. The number of ether oxygens (including phenoxy) is 6. The van der Waals surface area contributed by atoms with Crippen LogP contribution in [0.5, 0.6) is 0 Å². The number of hydrogen-bond donors (Lipinski definition) is 0. The van der Waals surface area contributed by atoms with Crippen molar-refractivity contribution in [3.63, 3.8) is 0 Å². The van der Waals surface area contributed by atoms with Crippen molar-refractivity contribution < 1.29 is 33.3 Å². The first-order chi connectivity index (χ1) is 21.6. The van der Waals surface area contributed by atoms with E-state index >= 15 is 0 Å². The summed E-state index contributed by atoms with van der Waals surface area (Å²) in [5, 5.41) is 11.7. The molecule has 1 fully saturated rings. The van der Waals surface area contributed by atoms with Crippen LogP contribution in [0.2, 0.25) is 0 Å². The average Bonchev–Trinajstić information content (AvgIpc) is 3.07. The maximum atomic E-state index is 11.7. The Balaban J connectivity index is 1.41. The zero-order valence-electron chi connectivity index (χ0n) is 24.6. The van der Waals surface area contributed by atoms with Gasteiger partial charge < -0.3 is 28.4 Å². The first-order valence-electron chi connectivity index (χ1n) is 14.6. The van der Waals surface area contributed by atoms with Crippen LogP contribution >= 0.6 is 0 Å². The van der Waals surface area contributed by atoms with Gasteiger partial charge in [0.15, 0.2) is 6.29 Å². The number of para-hydroxylation sites is 1. The molecule has 44 heavy (non-hydrogen) atoms. The van der Waals surface area contributed by atoms with Crippen LogP contribution in [0.15, 0.2) is 115 Å². The predicted molar refractivity (Wildman–Crippen MR) is 163 cm³/mol. The molecule has 0 amide bonds. The van der Waals surface area contributed by atoms with Gasteiger partial charge >= 0.3 is 0 Å². The second-order valence-corrected chi connectivity index (χ2v) is 10.5. The maximum Gasteiger partial charge on any atom is 0.274 e. The monoisotopic (exact) mass is 599 g/mol. The van der Waals surface area contributed by atoms with Crippen LogP contribution in [0.1, 0.15) is 22.3 Å². The van der Waals surface area contributed by atoms with Crippen molar-refractivity contribution in [2.75, 3.05) is 13.7 Å². The van der Waals surface area contributed by atoms with Crippen molar-refractivity contribution in [1.29, 1.82) is 0 Å². The van der Waals surface area contributed by atoms with Crippen molar-refractivity contribution in [2.45, 2.75) is 57.1 Å². The third kappa shape index (κ3) is 8.57. The van der Waals surface area contributed by atoms with Crippen molar-refractivity contribution >= 4 is 5.69 Å². The molecule has 1 saturated heterocycles. The Labute approximate surface area is 257 Å². The molecule has 0 spiro atoms.